The van der Waals surface area contributed by atoms with Gasteiger partial charge in [-0.3, -0.25) is 0 Å². The maximum absolute atomic E-state index is 5.34. The molecular weight excluding hydrogens is 230 g/mol. The zero-order chi connectivity index (χ0) is 10.5. The van der Waals surface area contributed by atoms with Crippen molar-refractivity contribution >= 4 is 15.9 Å². The fourth-order valence-corrected chi connectivity index (χ4v) is 1.34. The van der Waals surface area contributed by atoms with Gasteiger partial charge in [0.1, 0.15) is 0 Å². The summed E-state index contributed by atoms with van der Waals surface area (Å²) in [5.41, 5.74) is -0.0555. The topological polar surface area (TPSA) is 21.3 Å². The van der Waals surface area contributed by atoms with E-state index < -0.39 is 0 Å². The first-order chi connectivity index (χ1) is 5.87. The van der Waals surface area contributed by atoms with Crippen molar-refractivity contribution in [1.82, 2.24) is 5.32 Å². The lowest BCUT2D eigenvalue weighted by atomic mass is 10.00. The molecule has 0 fully saturated rings. The van der Waals surface area contributed by atoms with Crippen molar-refractivity contribution in [2.75, 3.05) is 13.7 Å². The number of ether oxygens (including phenoxy) is 1. The van der Waals surface area contributed by atoms with Crippen molar-refractivity contribution in [2.45, 2.75) is 38.8 Å². The van der Waals surface area contributed by atoms with Crippen LogP contribution >= 0.6 is 15.9 Å². The summed E-state index contributed by atoms with van der Waals surface area (Å²) in [7, 11) is 1.75. The Kier molecular flexibility index (Phi) is 5.85. The Morgan fingerprint density at radius 2 is 2.15 bits per heavy atom. The second kappa shape index (κ2) is 5.78. The molecule has 0 spiro atoms. The standard InChI is InChI=1S/C10H20BrNO/c1-8(11)7-12-9(2)6-10(3,4)13-5/h9,12H,1,6-7H2,2-5H3. The monoisotopic (exact) mass is 249 g/mol. The minimum absolute atomic E-state index is 0.0555. The minimum Gasteiger partial charge on any atom is -0.379 e. The van der Waals surface area contributed by atoms with Crippen LogP contribution in [0.2, 0.25) is 0 Å². The molecule has 1 unspecified atom stereocenters. The van der Waals surface area contributed by atoms with Crippen molar-refractivity contribution in [3.63, 3.8) is 0 Å². The van der Waals surface area contributed by atoms with Crippen molar-refractivity contribution in [1.29, 1.82) is 0 Å². The Bertz CT molecular complexity index is 168. The molecule has 78 valence electrons. The number of hydrogen-bond acceptors (Lipinski definition) is 2. The molecular formula is C10H20BrNO. The predicted octanol–water partition coefficient (Wildman–Crippen LogP) is 2.69. The summed E-state index contributed by atoms with van der Waals surface area (Å²) in [6, 6.07) is 0.434. The molecule has 0 heterocycles. The lowest BCUT2D eigenvalue weighted by molar-refractivity contribution is 0.00885. The maximum atomic E-state index is 5.34. The van der Waals surface area contributed by atoms with Crippen LogP contribution in [0.3, 0.4) is 0 Å². The van der Waals surface area contributed by atoms with Gasteiger partial charge in [0, 0.05) is 24.2 Å². The van der Waals surface area contributed by atoms with E-state index in [4.69, 9.17) is 4.74 Å². The summed E-state index contributed by atoms with van der Waals surface area (Å²) < 4.78 is 6.32. The molecule has 0 saturated carbocycles. The molecule has 0 aliphatic heterocycles. The third kappa shape index (κ3) is 7.23. The number of nitrogens with one attached hydrogen (secondary N) is 1. The van der Waals surface area contributed by atoms with Gasteiger partial charge in [-0.2, -0.15) is 0 Å². The van der Waals surface area contributed by atoms with E-state index in [1.54, 1.807) is 7.11 Å². The zero-order valence-electron chi connectivity index (χ0n) is 8.98. The maximum Gasteiger partial charge on any atom is 0.0637 e. The number of rotatable bonds is 6. The Hall–Kier alpha value is 0.140. The van der Waals surface area contributed by atoms with Crippen LogP contribution in [0.4, 0.5) is 0 Å². The summed E-state index contributed by atoms with van der Waals surface area (Å²) in [5, 5.41) is 3.35. The van der Waals surface area contributed by atoms with Crippen LogP contribution in [0, 0.1) is 0 Å². The summed E-state index contributed by atoms with van der Waals surface area (Å²) in [5.74, 6) is 0. The zero-order valence-corrected chi connectivity index (χ0v) is 10.6. The van der Waals surface area contributed by atoms with Crippen LogP contribution in [0.1, 0.15) is 27.2 Å². The second-order valence-corrected chi connectivity index (χ2v) is 5.09. The first kappa shape index (κ1) is 13.1. The van der Waals surface area contributed by atoms with Gasteiger partial charge in [0.15, 0.2) is 0 Å². The highest BCUT2D eigenvalue weighted by Crippen LogP contribution is 2.15. The molecule has 2 nitrogen and oxygen atoms in total. The molecule has 0 rings (SSSR count). The molecule has 0 amide bonds. The van der Waals surface area contributed by atoms with Gasteiger partial charge in [0.2, 0.25) is 0 Å². The van der Waals surface area contributed by atoms with Gasteiger partial charge in [-0.15, -0.1) is 0 Å². The lowest BCUT2D eigenvalue weighted by Crippen LogP contribution is -2.36. The molecule has 13 heavy (non-hydrogen) atoms. The van der Waals surface area contributed by atoms with E-state index in [-0.39, 0.29) is 5.60 Å². The molecule has 1 N–H and O–H groups in total. The molecule has 0 radical (unpaired) electrons. The third-order valence-electron chi connectivity index (χ3n) is 1.99. The fraction of sp³-hybridized carbons (Fsp3) is 0.800. The van der Waals surface area contributed by atoms with Crippen LogP contribution in [0.15, 0.2) is 11.1 Å². The van der Waals surface area contributed by atoms with Crippen molar-refractivity contribution in [2.24, 2.45) is 0 Å². The van der Waals surface area contributed by atoms with Crippen LogP contribution < -0.4 is 5.32 Å². The van der Waals surface area contributed by atoms with E-state index in [1.807, 2.05) is 0 Å². The van der Waals surface area contributed by atoms with E-state index in [0.717, 1.165) is 17.4 Å². The predicted molar refractivity (Wildman–Crippen MR) is 61.2 cm³/mol. The first-order valence-corrected chi connectivity index (χ1v) is 5.28. The molecule has 1 atom stereocenters. The summed E-state index contributed by atoms with van der Waals surface area (Å²) in [6.45, 7) is 10.9. The first-order valence-electron chi connectivity index (χ1n) is 4.49. The summed E-state index contributed by atoms with van der Waals surface area (Å²) in [6.07, 6.45) is 0.990. The minimum atomic E-state index is -0.0555. The quantitative estimate of drug-likeness (QED) is 0.782. The summed E-state index contributed by atoms with van der Waals surface area (Å²) in [4.78, 5) is 0. The molecule has 0 bridgehead atoms. The van der Waals surface area contributed by atoms with Gasteiger partial charge >= 0.3 is 0 Å². The van der Waals surface area contributed by atoms with Crippen LogP contribution in [-0.4, -0.2) is 25.3 Å². The molecule has 0 aliphatic rings. The van der Waals surface area contributed by atoms with Gasteiger partial charge in [0.25, 0.3) is 0 Å². The van der Waals surface area contributed by atoms with E-state index in [1.165, 1.54) is 0 Å². The Balaban J connectivity index is 3.73. The molecule has 0 aromatic carbocycles. The molecule has 0 aliphatic carbocycles. The van der Waals surface area contributed by atoms with E-state index in [2.05, 4.69) is 48.6 Å². The fourth-order valence-electron chi connectivity index (χ4n) is 1.18. The van der Waals surface area contributed by atoms with Crippen molar-refractivity contribution < 1.29 is 4.74 Å². The Morgan fingerprint density at radius 1 is 1.62 bits per heavy atom. The SMILES string of the molecule is C=C(Br)CNC(C)CC(C)(C)OC. The highest BCUT2D eigenvalue weighted by molar-refractivity contribution is 9.11. The third-order valence-corrected chi connectivity index (χ3v) is 2.27. The second-order valence-electron chi connectivity index (χ2n) is 3.97. The average molecular weight is 250 g/mol. The molecule has 0 saturated heterocycles. The van der Waals surface area contributed by atoms with Gasteiger partial charge in [-0.25, -0.2) is 0 Å². The normalized spacial score (nSPS) is 14.2. The number of hydrogen-bond donors (Lipinski definition) is 1. The Labute approximate surface area is 89.9 Å². The lowest BCUT2D eigenvalue weighted by Gasteiger charge is -2.27. The van der Waals surface area contributed by atoms with E-state index in [9.17, 15) is 0 Å². The van der Waals surface area contributed by atoms with Crippen molar-refractivity contribution in [3.8, 4) is 0 Å². The number of halogens is 1. The highest BCUT2D eigenvalue weighted by Gasteiger charge is 2.19. The summed E-state index contributed by atoms with van der Waals surface area (Å²) >= 11 is 3.31. The largest absolute Gasteiger partial charge is 0.379 e. The van der Waals surface area contributed by atoms with Gasteiger partial charge < -0.3 is 10.1 Å². The van der Waals surface area contributed by atoms with Gasteiger partial charge in [-0.05, 0) is 27.2 Å². The van der Waals surface area contributed by atoms with Crippen LogP contribution in [-0.2, 0) is 4.74 Å². The molecule has 0 aromatic rings. The van der Waals surface area contributed by atoms with Gasteiger partial charge in [-0.1, -0.05) is 22.5 Å². The highest BCUT2D eigenvalue weighted by atomic mass is 79.9. The van der Waals surface area contributed by atoms with Crippen LogP contribution in [0.5, 0.6) is 0 Å². The Morgan fingerprint density at radius 3 is 2.54 bits per heavy atom. The van der Waals surface area contributed by atoms with Gasteiger partial charge in [0.05, 0.1) is 5.60 Å². The van der Waals surface area contributed by atoms with E-state index >= 15 is 0 Å². The number of methoxy groups -OCH3 is 1. The smallest absolute Gasteiger partial charge is 0.0637 e. The molecule has 3 heteroatoms. The average Bonchev–Trinajstić information content (AvgIpc) is 2.00. The van der Waals surface area contributed by atoms with Crippen LogP contribution in [0.25, 0.3) is 0 Å². The molecule has 0 aromatic heterocycles. The van der Waals surface area contributed by atoms with E-state index in [0.29, 0.717) is 6.04 Å². The van der Waals surface area contributed by atoms with Crippen molar-refractivity contribution in [3.05, 3.63) is 11.1 Å².